The standard InChI is InChI=1S/C51H87O13P/c1-3-5-7-9-11-13-15-17-19-21-22-24-25-27-29-31-33-35-37-39-44(52)61-41-43(42-62-65(59,60)64-51-49(57)47(55)46(54)48(56)50(51)58)63-45(53)40-38-36-34-32-30-28-26-23-20-18-16-14-12-10-8-6-4-2/h11-14,17-20,22,24,27,29,43,46-51,54-58H,3-10,15-16,21,23,25-26,28,30-42H2,1-2H3,(H,59,60)/b13-11-,14-12-,19-17-,20-18-,24-22-,29-27-/t43-,46?,47-,48?,49?,50?,51?/m1/s1. The van der Waals surface area contributed by atoms with Gasteiger partial charge in [-0.2, -0.15) is 0 Å². The first-order valence-corrected chi connectivity index (χ1v) is 26.2. The van der Waals surface area contributed by atoms with Gasteiger partial charge in [0.05, 0.1) is 6.61 Å². The maximum atomic E-state index is 12.8. The number of ether oxygens (including phenoxy) is 2. The van der Waals surface area contributed by atoms with Gasteiger partial charge in [-0.3, -0.25) is 18.6 Å². The number of carbonyl (C=O) groups is 2. The van der Waals surface area contributed by atoms with Crippen LogP contribution in [0.25, 0.3) is 0 Å². The number of allylic oxidation sites excluding steroid dienone is 12. The predicted molar refractivity (Wildman–Crippen MR) is 258 cm³/mol. The number of phosphoric ester groups is 1. The summed E-state index contributed by atoms with van der Waals surface area (Å²) >= 11 is 0. The van der Waals surface area contributed by atoms with Crippen molar-refractivity contribution in [2.24, 2.45) is 0 Å². The first-order valence-electron chi connectivity index (χ1n) is 24.7. The summed E-state index contributed by atoms with van der Waals surface area (Å²) in [7, 11) is -5.13. The molecule has 0 saturated heterocycles. The molecule has 0 radical (unpaired) electrons. The molecule has 0 aliphatic heterocycles. The molecule has 1 saturated carbocycles. The van der Waals surface area contributed by atoms with Crippen LogP contribution in [0.15, 0.2) is 72.9 Å². The minimum absolute atomic E-state index is 0.0770. The lowest BCUT2D eigenvalue weighted by Crippen LogP contribution is -2.64. The second-order valence-corrected chi connectivity index (χ2v) is 18.4. The third-order valence-corrected chi connectivity index (χ3v) is 12.0. The average Bonchev–Trinajstić information content (AvgIpc) is 3.29. The maximum absolute atomic E-state index is 12.8. The fourth-order valence-corrected chi connectivity index (χ4v) is 7.98. The van der Waals surface area contributed by atoms with Crippen molar-refractivity contribution in [2.45, 2.75) is 224 Å². The second-order valence-electron chi connectivity index (χ2n) is 17.0. The van der Waals surface area contributed by atoms with Crippen LogP contribution < -0.4 is 0 Å². The molecular formula is C51H87O13P. The number of aliphatic hydroxyl groups is 5. The topological polar surface area (TPSA) is 210 Å². The molecule has 8 atom stereocenters. The van der Waals surface area contributed by atoms with Crippen LogP contribution in [0.2, 0.25) is 0 Å². The fraction of sp³-hybridized carbons (Fsp3) is 0.725. The summed E-state index contributed by atoms with van der Waals surface area (Å²) in [6, 6.07) is 0. The molecule has 6 N–H and O–H groups in total. The summed E-state index contributed by atoms with van der Waals surface area (Å²) in [6.07, 6.45) is 38.0. The normalized spacial score (nSPS) is 22.0. The van der Waals surface area contributed by atoms with E-state index in [-0.39, 0.29) is 12.8 Å². The SMILES string of the molecule is CCCCC/C=C\C/C=C\C/C=C\C/C=C\CCCCCC(=O)OC[C@H](COP(=O)(O)OC1C(O)C(O)C(O)[C@@H](O)C1O)OC(=O)CCCCCCCCC/C=C\C/C=C\CCCCC. The lowest BCUT2D eigenvalue weighted by molar-refractivity contribution is -0.220. The van der Waals surface area contributed by atoms with Gasteiger partial charge in [-0.1, -0.05) is 151 Å². The number of unbranched alkanes of at least 4 members (excludes halogenated alkanes) is 16. The summed E-state index contributed by atoms with van der Waals surface area (Å²) in [4.78, 5) is 35.8. The second kappa shape index (κ2) is 40.4. The van der Waals surface area contributed by atoms with Gasteiger partial charge < -0.3 is 39.9 Å². The fourth-order valence-electron chi connectivity index (χ4n) is 7.01. The maximum Gasteiger partial charge on any atom is 0.472 e. The Hall–Kier alpha value is -2.71. The summed E-state index contributed by atoms with van der Waals surface area (Å²) in [5, 5.41) is 50.2. The highest BCUT2D eigenvalue weighted by Crippen LogP contribution is 2.47. The Morgan fingerprint density at radius 2 is 0.831 bits per heavy atom. The van der Waals surface area contributed by atoms with Crippen LogP contribution in [0.4, 0.5) is 0 Å². The van der Waals surface area contributed by atoms with Crippen molar-refractivity contribution in [2.75, 3.05) is 13.2 Å². The molecule has 0 bridgehead atoms. The first-order chi connectivity index (χ1) is 31.4. The zero-order valence-electron chi connectivity index (χ0n) is 39.8. The van der Waals surface area contributed by atoms with E-state index in [1.54, 1.807) is 0 Å². The number of hydrogen-bond donors (Lipinski definition) is 6. The van der Waals surface area contributed by atoms with Gasteiger partial charge in [0.1, 0.15) is 43.2 Å². The van der Waals surface area contributed by atoms with Crippen LogP contribution in [0.3, 0.4) is 0 Å². The quantitative estimate of drug-likeness (QED) is 0.0146. The van der Waals surface area contributed by atoms with Gasteiger partial charge in [0.2, 0.25) is 0 Å². The van der Waals surface area contributed by atoms with Crippen LogP contribution in [0.5, 0.6) is 0 Å². The Labute approximate surface area is 391 Å². The van der Waals surface area contributed by atoms with Crippen molar-refractivity contribution in [1.29, 1.82) is 0 Å². The van der Waals surface area contributed by atoms with Gasteiger partial charge >= 0.3 is 19.8 Å². The molecule has 1 aliphatic carbocycles. The van der Waals surface area contributed by atoms with Crippen molar-refractivity contribution < 1.29 is 63.1 Å². The average molecular weight is 939 g/mol. The van der Waals surface area contributed by atoms with Crippen LogP contribution in [-0.2, 0) is 32.7 Å². The van der Waals surface area contributed by atoms with Crippen LogP contribution in [0.1, 0.15) is 181 Å². The molecule has 0 amide bonds. The lowest BCUT2D eigenvalue weighted by atomic mass is 9.85. The van der Waals surface area contributed by atoms with E-state index in [0.29, 0.717) is 12.8 Å². The van der Waals surface area contributed by atoms with Gasteiger partial charge in [0, 0.05) is 12.8 Å². The highest BCUT2D eigenvalue weighted by molar-refractivity contribution is 7.47. The van der Waals surface area contributed by atoms with E-state index >= 15 is 0 Å². The largest absolute Gasteiger partial charge is 0.472 e. The van der Waals surface area contributed by atoms with E-state index in [1.807, 2.05) is 0 Å². The third kappa shape index (κ3) is 32.6. The molecule has 0 spiro atoms. The van der Waals surface area contributed by atoms with Gasteiger partial charge in [0.15, 0.2) is 6.10 Å². The molecule has 1 fully saturated rings. The molecule has 0 heterocycles. The molecule has 0 aromatic carbocycles. The Morgan fingerprint density at radius 1 is 0.477 bits per heavy atom. The monoisotopic (exact) mass is 939 g/mol. The molecule has 65 heavy (non-hydrogen) atoms. The van der Waals surface area contributed by atoms with Crippen molar-refractivity contribution >= 4 is 19.8 Å². The number of phosphoric acid groups is 1. The summed E-state index contributed by atoms with van der Waals surface area (Å²) in [5.41, 5.74) is 0. The summed E-state index contributed by atoms with van der Waals surface area (Å²) < 4.78 is 33.6. The number of aliphatic hydroxyl groups excluding tert-OH is 5. The third-order valence-electron chi connectivity index (χ3n) is 11.0. The zero-order valence-corrected chi connectivity index (χ0v) is 40.7. The minimum Gasteiger partial charge on any atom is -0.462 e. The van der Waals surface area contributed by atoms with E-state index in [1.165, 1.54) is 38.5 Å². The lowest BCUT2D eigenvalue weighted by Gasteiger charge is -2.41. The molecule has 1 rings (SSSR count). The highest BCUT2D eigenvalue weighted by atomic mass is 31.2. The highest BCUT2D eigenvalue weighted by Gasteiger charge is 2.51. The number of hydrogen-bond acceptors (Lipinski definition) is 12. The zero-order chi connectivity index (χ0) is 47.8. The van der Waals surface area contributed by atoms with Gasteiger partial charge in [0.25, 0.3) is 0 Å². The van der Waals surface area contributed by atoms with E-state index in [4.69, 9.17) is 18.5 Å². The molecular weight excluding hydrogens is 852 g/mol. The number of carbonyl (C=O) groups excluding carboxylic acids is 2. The summed E-state index contributed by atoms with van der Waals surface area (Å²) in [6.45, 7) is 3.21. The van der Waals surface area contributed by atoms with Crippen molar-refractivity contribution in [3.05, 3.63) is 72.9 Å². The molecule has 374 valence electrons. The smallest absolute Gasteiger partial charge is 0.462 e. The molecule has 0 aromatic heterocycles. The van der Waals surface area contributed by atoms with Crippen LogP contribution in [-0.4, -0.2) is 98.3 Å². The van der Waals surface area contributed by atoms with Crippen molar-refractivity contribution in [3.8, 4) is 0 Å². The molecule has 1 aliphatic rings. The van der Waals surface area contributed by atoms with Gasteiger partial charge in [-0.25, -0.2) is 4.57 Å². The van der Waals surface area contributed by atoms with E-state index in [0.717, 1.165) is 103 Å². The Balaban J connectivity index is 2.46. The van der Waals surface area contributed by atoms with E-state index < -0.39 is 75.7 Å². The van der Waals surface area contributed by atoms with Crippen LogP contribution >= 0.6 is 7.82 Å². The Kier molecular flexibility index (Phi) is 37.5. The Morgan fingerprint density at radius 3 is 1.28 bits per heavy atom. The van der Waals surface area contributed by atoms with Gasteiger partial charge in [-0.05, 0) is 89.9 Å². The number of esters is 2. The molecule has 0 aromatic rings. The Bertz CT molecular complexity index is 1410. The van der Waals surface area contributed by atoms with Crippen molar-refractivity contribution in [3.63, 3.8) is 0 Å². The summed E-state index contributed by atoms with van der Waals surface area (Å²) in [5.74, 6) is -1.15. The first kappa shape index (κ1) is 60.3. The molecule has 13 nitrogen and oxygen atoms in total. The van der Waals surface area contributed by atoms with E-state index in [9.17, 15) is 44.6 Å². The van der Waals surface area contributed by atoms with Crippen LogP contribution in [0, 0.1) is 0 Å². The van der Waals surface area contributed by atoms with Gasteiger partial charge in [-0.15, -0.1) is 0 Å². The minimum atomic E-state index is -5.13. The number of rotatable bonds is 40. The predicted octanol–water partition coefficient (Wildman–Crippen LogP) is 10.3. The molecule has 6 unspecified atom stereocenters. The molecule has 14 heteroatoms. The van der Waals surface area contributed by atoms with Crippen molar-refractivity contribution in [1.82, 2.24) is 0 Å². The van der Waals surface area contributed by atoms with E-state index in [2.05, 4.69) is 86.8 Å².